The molecule has 0 aliphatic heterocycles. The molecule has 0 saturated heterocycles. The Morgan fingerprint density at radius 3 is 2.76 bits per heavy atom. The van der Waals surface area contributed by atoms with Gasteiger partial charge in [-0.1, -0.05) is 6.42 Å². The van der Waals surface area contributed by atoms with Crippen LogP contribution in [0.3, 0.4) is 0 Å². The second-order valence-electron chi connectivity index (χ2n) is 4.40. The summed E-state index contributed by atoms with van der Waals surface area (Å²) in [5.41, 5.74) is 0.0325. The van der Waals surface area contributed by atoms with E-state index < -0.39 is 5.97 Å². The number of hydrogen-bond acceptors (Lipinski definition) is 5. The molecule has 0 aromatic carbocycles. The van der Waals surface area contributed by atoms with E-state index in [9.17, 15) is 9.59 Å². The maximum Gasteiger partial charge on any atom is 0.303 e. The lowest BCUT2D eigenvalue weighted by molar-refractivity contribution is -0.141. The van der Waals surface area contributed by atoms with Crippen LogP contribution in [0, 0.1) is 5.41 Å². The zero-order chi connectivity index (χ0) is 12.3. The molecule has 0 bridgehead atoms. The van der Waals surface area contributed by atoms with E-state index in [1.165, 1.54) is 6.20 Å². The van der Waals surface area contributed by atoms with Gasteiger partial charge in [0.15, 0.2) is 5.69 Å². The molecule has 0 atom stereocenters. The summed E-state index contributed by atoms with van der Waals surface area (Å²) in [4.78, 5) is 22.4. The second kappa shape index (κ2) is 4.79. The van der Waals surface area contributed by atoms with Crippen LogP contribution in [0.25, 0.3) is 0 Å². The number of rotatable bonds is 5. The van der Waals surface area contributed by atoms with E-state index in [1.54, 1.807) is 0 Å². The molecule has 2 rings (SSSR count). The molecule has 0 radical (unpaired) electrons. The van der Waals surface area contributed by atoms with Gasteiger partial charge < -0.3 is 10.4 Å². The van der Waals surface area contributed by atoms with E-state index in [0.29, 0.717) is 12.2 Å². The van der Waals surface area contributed by atoms with Crippen LogP contribution in [0.15, 0.2) is 6.20 Å². The summed E-state index contributed by atoms with van der Waals surface area (Å²) < 4.78 is 7.57. The third-order valence-corrected chi connectivity index (χ3v) is 3.64. The van der Waals surface area contributed by atoms with Crippen molar-refractivity contribution in [3.05, 3.63) is 11.9 Å². The fourth-order valence-electron chi connectivity index (χ4n) is 2.04. The van der Waals surface area contributed by atoms with E-state index in [-0.39, 0.29) is 17.7 Å². The quantitative estimate of drug-likeness (QED) is 0.816. The molecular weight excluding hydrogens is 242 g/mol. The molecule has 1 fully saturated rings. The average Bonchev–Trinajstić information content (AvgIpc) is 2.74. The minimum atomic E-state index is -0.811. The zero-order valence-corrected chi connectivity index (χ0v) is 10.00. The predicted octanol–water partition coefficient (Wildman–Crippen LogP) is 0.913. The molecule has 17 heavy (non-hydrogen) atoms. The standard InChI is InChI=1S/C10H13N3O3S/c14-8(15)4-10(2-1-3-10)6-11-9(16)7-5-12-17-13-7/h5H,1-4,6H2,(H,11,16)(H,14,15). The maximum atomic E-state index is 11.6. The third-order valence-electron chi connectivity index (χ3n) is 3.16. The monoisotopic (exact) mass is 255 g/mol. The van der Waals surface area contributed by atoms with Crippen molar-refractivity contribution in [1.29, 1.82) is 0 Å². The lowest BCUT2D eigenvalue weighted by Gasteiger charge is -2.40. The first-order valence-corrected chi connectivity index (χ1v) is 6.12. The van der Waals surface area contributed by atoms with Crippen LogP contribution >= 0.6 is 11.7 Å². The van der Waals surface area contributed by atoms with Crippen LogP contribution in [0.4, 0.5) is 0 Å². The molecule has 1 aromatic heterocycles. The van der Waals surface area contributed by atoms with Gasteiger partial charge in [0.1, 0.15) is 0 Å². The number of carbonyl (C=O) groups excluding carboxylic acids is 1. The second-order valence-corrected chi connectivity index (χ2v) is 4.96. The lowest BCUT2D eigenvalue weighted by Crippen LogP contribution is -2.43. The Balaban J connectivity index is 1.88. The van der Waals surface area contributed by atoms with Crippen molar-refractivity contribution >= 4 is 23.6 Å². The summed E-state index contributed by atoms with van der Waals surface area (Å²) >= 11 is 0.977. The summed E-state index contributed by atoms with van der Waals surface area (Å²) in [6.07, 6.45) is 4.26. The van der Waals surface area contributed by atoms with Crippen LogP contribution in [0.5, 0.6) is 0 Å². The number of carboxylic acid groups (broad SMARTS) is 1. The first-order chi connectivity index (χ1) is 8.11. The van der Waals surface area contributed by atoms with Gasteiger partial charge in [-0.2, -0.15) is 8.75 Å². The topological polar surface area (TPSA) is 92.2 Å². The summed E-state index contributed by atoms with van der Waals surface area (Å²) in [5.74, 6) is -1.09. The van der Waals surface area contributed by atoms with Crippen molar-refractivity contribution in [2.75, 3.05) is 6.54 Å². The highest BCUT2D eigenvalue weighted by Crippen LogP contribution is 2.43. The summed E-state index contributed by atoms with van der Waals surface area (Å²) in [5, 5.41) is 11.6. The number of hydrogen-bond donors (Lipinski definition) is 2. The van der Waals surface area contributed by atoms with Gasteiger partial charge in [0.25, 0.3) is 5.91 Å². The van der Waals surface area contributed by atoms with Gasteiger partial charge in [0, 0.05) is 6.54 Å². The molecule has 1 aliphatic carbocycles. The lowest BCUT2D eigenvalue weighted by atomic mass is 9.66. The largest absolute Gasteiger partial charge is 0.481 e. The summed E-state index contributed by atoms with van der Waals surface area (Å²) in [7, 11) is 0. The molecular formula is C10H13N3O3S. The van der Waals surface area contributed by atoms with Crippen molar-refractivity contribution in [3.8, 4) is 0 Å². The van der Waals surface area contributed by atoms with Crippen LogP contribution < -0.4 is 5.32 Å². The van der Waals surface area contributed by atoms with Crippen LogP contribution in [0.2, 0.25) is 0 Å². The van der Waals surface area contributed by atoms with Gasteiger partial charge in [-0.15, -0.1) is 0 Å². The molecule has 2 N–H and O–H groups in total. The highest BCUT2D eigenvalue weighted by Gasteiger charge is 2.39. The highest BCUT2D eigenvalue weighted by atomic mass is 32.1. The Morgan fingerprint density at radius 1 is 1.53 bits per heavy atom. The average molecular weight is 255 g/mol. The summed E-state index contributed by atoms with van der Waals surface area (Å²) in [6, 6.07) is 0. The molecule has 0 unspecified atom stereocenters. The normalized spacial score (nSPS) is 17.2. The van der Waals surface area contributed by atoms with Crippen molar-refractivity contribution in [2.45, 2.75) is 25.7 Å². The zero-order valence-electron chi connectivity index (χ0n) is 9.18. The molecule has 1 heterocycles. The van der Waals surface area contributed by atoms with Gasteiger partial charge in [-0.05, 0) is 18.3 Å². The minimum Gasteiger partial charge on any atom is -0.481 e. The Kier molecular flexibility index (Phi) is 3.37. The number of nitrogens with one attached hydrogen (secondary N) is 1. The van der Waals surface area contributed by atoms with Gasteiger partial charge >= 0.3 is 5.97 Å². The number of carboxylic acids is 1. The van der Waals surface area contributed by atoms with Crippen LogP contribution in [-0.2, 0) is 4.79 Å². The molecule has 1 aromatic rings. The van der Waals surface area contributed by atoms with E-state index >= 15 is 0 Å². The molecule has 7 heteroatoms. The summed E-state index contributed by atoms with van der Waals surface area (Å²) in [6.45, 7) is 0.398. The maximum absolute atomic E-state index is 11.6. The van der Waals surface area contributed by atoms with E-state index in [2.05, 4.69) is 14.1 Å². The Hall–Kier alpha value is -1.50. The smallest absolute Gasteiger partial charge is 0.303 e. The number of nitrogens with zero attached hydrogens (tertiary/aromatic N) is 2. The van der Waals surface area contributed by atoms with Crippen molar-refractivity contribution in [3.63, 3.8) is 0 Å². The van der Waals surface area contributed by atoms with Crippen LogP contribution in [0.1, 0.15) is 36.2 Å². The number of carbonyl (C=O) groups is 2. The highest BCUT2D eigenvalue weighted by molar-refractivity contribution is 6.99. The molecule has 1 saturated carbocycles. The first kappa shape index (κ1) is 12.0. The number of amides is 1. The minimum absolute atomic E-state index is 0.114. The van der Waals surface area contributed by atoms with Gasteiger partial charge in [-0.25, -0.2) is 0 Å². The molecule has 92 valence electrons. The van der Waals surface area contributed by atoms with Crippen molar-refractivity contribution in [2.24, 2.45) is 5.41 Å². The van der Waals surface area contributed by atoms with Gasteiger partial charge in [0.05, 0.1) is 24.3 Å². The Morgan fingerprint density at radius 2 is 2.29 bits per heavy atom. The molecule has 1 amide bonds. The molecule has 0 spiro atoms. The third kappa shape index (κ3) is 2.79. The molecule has 6 nitrogen and oxygen atoms in total. The number of aromatic nitrogens is 2. The fourth-order valence-corrected chi connectivity index (χ4v) is 2.45. The molecule has 1 aliphatic rings. The van der Waals surface area contributed by atoms with Crippen molar-refractivity contribution in [1.82, 2.24) is 14.1 Å². The van der Waals surface area contributed by atoms with Gasteiger partial charge in [0.2, 0.25) is 0 Å². The van der Waals surface area contributed by atoms with E-state index in [4.69, 9.17) is 5.11 Å². The van der Waals surface area contributed by atoms with E-state index in [0.717, 1.165) is 31.0 Å². The Bertz CT molecular complexity index is 414. The van der Waals surface area contributed by atoms with Gasteiger partial charge in [-0.3, -0.25) is 9.59 Å². The SMILES string of the molecule is O=C(O)CC1(CNC(=O)c2cnsn2)CCC1. The number of aliphatic carboxylic acids is 1. The van der Waals surface area contributed by atoms with Crippen molar-refractivity contribution < 1.29 is 14.7 Å². The predicted molar refractivity (Wildman–Crippen MR) is 60.8 cm³/mol. The first-order valence-electron chi connectivity index (χ1n) is 5.39. The Labute approximate surface area is 102 Å². The van der Waals surface area contributed by atoms with E-state index in [1.807, 2.05) is 0 Å². The van der Waals surface area contributed by atoms with Crippen LogP contribution in [-0.4, -0.2) is 32.3 Å². The fraction of sp³-hybridized carbons (Fsp3) is 0.600.